The van der Waals surface area contributed by atoms with Crippen LogP contribution < -0.4 is 15.8 Å². The number of carbonyl (C=O) groups is 1. The topological polar surface area (TPSA) is 73.6 Å². The smallest absolute Gasteiger partial charge is 0.228 e. The van der Waals surface area contributed by atoms with Crippen LogP contribution in [0.25, 0.3) is 0 Å². The minimum atomic E-state index is -0.586. The number of nitrogens with two attached hydrogens (primary N) is 1. The Labute approximate surface area is 142 Å². The first-order chi connectivity index (χ1) is 10.5. The number of carbonyl (C=O) groups excluding carboxylic acids is 1. The Balaban J connectivity index is 0.00000264. The summed E-state index contributed by atoms with van der Waals surface area (Å²) in [6.45, 7) is 3.18. The summed E-state index contributed by atoms with van der Waals surface area (Å²) >= 11 is 0. The predicted octanol–water partition coefficient (Wildman–Crippen LogP) is 2.19. The maximum atomic E-state index is 13.8. The number of methoxy groups -OCH3 is 1. The van der Waals surface area contributed by atoms with Gasteiger partial charge in [-0.1, -0.05) is 6.07 Å². The zero-order valence-corrected chi connectivity index (χ0v) is 14.2. The maximum absolute atomic E-state index is 13.8. The lowest BCUT2D eigenvalue weighted by Crippen LogP contribution is -2.49. The molecular formula is C16H24ClFN2O3. The molecule has 23 heavy (non-hydrogen) atoms. The summed E-state index contributed by atoms with van der Waals surface area (Å²) in [4.78, 5) is 12.6. The normalized spacial score (nSPS) is 17.7. The molecule has 1 fully saturated rings. The summed E-state index contributed by atoms with van der Waals surface area (Å²) in [5.41, 5.74) is 5.92. The van der Waals surface area contributed by atoms with Gasteiger partial charge in [-0.05, 0) is 37.5 Å². The Hall–Kier alpha value is -1.37. The third-order valence-corrected chi connectivity index (χ3v) is 4.35. The predicted molar refractivity (Wildman–Crippen MR) is 88.3 cm³/mol. The van der Waals surface area contributed by atoms with E-state index < -0.39 is 11.2 Å². The minimum absolute atomic E-state index is 0. The summed E-state index contributed by atoms with van der Waals surface area (Å²) in [6, 6.07) is 4.37. The fraction of sp³-hybridized carbons (Fsp3) is 0.562. The summed E-state index contributed by atoms with van der Waals surface area (Å²) in [5, 5.41) is 2.94. The Kier molecular flexibility index (Phi) is 7.25. The van der Waals surface area contributed by atoms with Gasteiger partial charge in [0.1, 0.15) is 0 Å². The summed E-state index contributed by atoms with van der Waals surface area (Å²) in [5.74, 6) is -0.354. The molecule has 0 bridgehead atoms. The van der Waals surface area contributed by atoms with E-state index in [-0.39, 0.29) is 36.7 Å². The van der Waals surface area contributed by atoms with Gasteiger partial charge in [-0.2, -0.15) is 0 Å². The summed E-state index contributed by atoms with van der Waals surface area (Å²) < 4.78 is 24.0. The lowest BCUT2D eigenvalue weighted by atomic mass is 9.79. The molecule has 1 atom stereocenters. The fourth-order valence-corrected chi connectivity index (χ4v) is 2.67. The number of benzene rings is 1. The first-order valence-corrected chi connectivity index (χ1v) is 7.44. The molecule has 2 rings (SSSR count). The lowest BCUT2D eigenvalue weighted by Gasteiger charge is -2.35. The number of amides is 1. The molecule has 1 aliphatic rings. The molecule has 3 N–H and O–H groups in total. The molecule has 7 heteroatoms. The number of hydrogen-bond donors (Lipinski definition) is 2. The molecule has 1 amide bonds. The van der Waals surface area contributed by atoms with Gasteiger partial charge < -0.3 is 20.5 Å². The SMILES string of the molecule is COc1ccc(C(C)NC(=O)C2(CN)CCOCC2)cc1F.Cl. The summed E-state index contributed by atoms with van der Waals surface area (Å²) in [6.07, 6.45) is 1.22. The summed E-state index contributed by atoms with van der Waals surface area (Å²) in [7, 11) is 1.42. The molecule has 1 aromatic rings. The third kappa shape index (κ3) is 4.34. The van der Waals surface area contributed by atoms with Crippen molar-refractivity contribution in [3.8, 4) is 5.75 Å². The van der Waals surface area contributed by atoms with Crippen LogP contribution in [0.2, 0.25) is 0 Å². The van der Waals surface area contributed by atoms with Crippen molar-refractivity contribution in [2.75, 3.05) is 26.9 Å². The Morgan fingerprint density at radius 2 is 2.13 bits per heavy atom. The number of hydrogen-bond acceptors (Lipinski definition) is 4. The molecule has 1 aliphatic heterocycles. The van der Waals surface area contributed by atoms with Crippen LogP contribution in [-0.2, 0) is 9.53 Å². The van der Waals surface area contributed by atoms with Crippen molar-refractivity contribution in [1.82, 2.24) is 5.32 Å². The number of ether oxygens (including phenoxy) is 2. The highest BCUT2D eigenvalue weighted by Gasteiger charge is 2.39. The third-order valence-electron chi connectivity index (χ3n) is 4.35. The standard InChI is InChI=1S/C16H23FN2O3.ClH/c1-11(12-3-4-14(21-2)13(17)9-12)19-15(20)16(10-18)5-7-22-8-6-16;/h3-4,9,11H,5-8,10,18H2,1-2H3,(H,19,20);1H. The van der Waals surface area contributed by atoms with Crippen molar-refractivity contribution in [3.63, 3.8) is 0 Å². The van der Waals surface area contributed by atoms with E-state index >= 15 is 0 Å². The van der Waals surface area contributed by atoms with E-state index in [1.165, 1.54) is 13.2 Å². The second-order valence-electron chi connectivity index (χ2n) is 5.69. The molecule has 0 aromatic heterocycles. The van der Waals surface area contributed by atoms with E-state index in [4.69, 9.17) is 15.2 Å². The van der Waals surface area contributed by atoms with Crippen LogP contribution in [0.1, 0.15) is 31.4 Å². The number of rotatable bonds is 5. The largest absolute Gasteiger partial charge is 0.494 e. The molecule has 5 nitrogen and oxygen atoms in total. The van der Waals surface area contributed by atoms with E-state index in [1.807, 2.05) is 6.92 Å². The Morgan fingerprint density at radius 3 is 2.65 bits per heavy atom. The van der Waals surface area contributed by atoms with Crippen molar-refractivity contribution < 1.29 is 18.7 Å². The average Bonchev–Trinajstić information content (AvgIpc) is 2.55. The van der Waals surface area contributed by atoms with Crippen LogP contribution in [0.5, 0.6) is 5.75 Å². The van der Waals surface area contributed by atoms with Crippen molar-refractivity contribution in [1.29, 1.82) is 0 Å². The van der Waals surface area contributed by atoms with E-state index in [9.17, 15) is 9.18 Å². The molecular weight excluding hydrogens is 323 g/mol. The second-order valence-corrected chi connectivity index (χ2v) is 5.69. The van der Waals surface area contributed by atoms with Crippen molar-refractivity contribution in [2.45, 2.75) is 25.8 Å². The Morgan fingerprint density at radius 1 is 1.48 bits per heavy atom. The van der Waals surface area contributed by atoms with Crippen molar-refractivity contribution >= 4 is 18.3 Å². The van der Waals surface area contributed by atoms with Gasteiger partial charge >= 0.3 is 0 Å². The van der Waals surface area contributed by atoms with Crippen LogP contribution in [0.3, 0.4) is 0 Å². The number of halogens is 2. The van der Waals surface area contributed by atoms with Gasteiger partial charge in [0.05, 0.1) is 18.6 Å². The van der Waals surface area contributed by atoms with E-state index in [1.54, 1.807) is 12.1 Å². The highest BCUT2D eigenvalue weighted by Crippen LogP contribution is 2.31. The van der Waals surface area contributed by atoms with E-state index in [0.717, 1.165) is 0 Å². The molecule has 1 aromatic carbocycles. The van der Waals surface area contributed by atoms with Gasteiger partial charge in [-0.25, -0.2) is 4.39 Å². The van der Waals surface area contributed by atoms with Crippen LogP contribution in [0.15, 0.2) is 18.2 Å². The molecule has 1 unspecified atom stereocenters. The van der Waals surface area contributed by atoms with Gasteiger partial charge in [0.2, 0.25) is 5.91 Å². The van der Waals surface area contributed by atoms with Crippen LogP contribution in [-0.4, -0.2) is 32.8 Å². The number of nitrogens with one attached hydrogen (secondary N) is 1. The average molecular weight is 347 g/mol. The highest BCUT2D eigenvalue weighted by atomic mass is 35.5. The van der Waals surface area contributed by atoms with E-state index in [0.29, 0.717) is 31.6 Å². The van der Waals surface area contributed by atoms with Gasteiger partial charge in [0.15, 0.2) is 11.6 Å². The van der Waals surface area contributed by atoms with Crippen LogP contribution in [0, 0.1) is 11.2 Å². The monoisotopic (exact) mass is 346 g/mol. The molecule has 130 valence electrons. The quantitative estimate of drug-likeness (QED) is 0.857. The van der Waals surface area contributed by atoms with E-state index in [2.05, 4.69) is 5.32 Å². The van der Waals surface area contributed by atoms with Gasteiger partial charge in [-0.15, -0.1) is 12.4 Å². The van der Waals surface area contributed by atoms with Gasteiger partial charge in [0.25, 0.3) is 0 Å². The first-order valence-electron chi connectivity index (χ1n) is 7.44. The zero-order chi connectivity index (χ0) is 16.2. The zero-order valence-electron chi connectivity index (χ0n) is 13.4. The molecule has 1 saturated heterocycles. The van der Waals surface area contributed by atoms with Gasteiger partial charge in [0, 0.05) is 19.8 Å². The Bertz CT molecular complexity index is 536. The first kappa shape index (κ1) is 19.7. The van der Waals surface area contributed by atoms with Gasteiger partial charge in [-0.3, -0.25) is 4.79 Å². The van der Waals surface area contributed by atoms with Crippen LogP contribution in [0.4, 0.5) is 4.39 Å². The van der Waals surface area contributed by atoms with Crippen molar-refractivity contribution in [2.24, 2.45) is 11.1 Å². The highest BCUT2D eigenvalue weighted by molar-refractivity contribution is 5.85. The second kappa shape index (κ2) is 8.47. The molecule has 0 saturated carbocycles. The lowest BCUT2D eigenvalue weighted by molar-refractivity contribution is -0.136. The minimum Gasteiger partial charge on any atom is -0.494 e. The molecule has 0 aliphatic carbocycles. The molecule has 0 spiro atoms. The fourth-order valence-electron chi connectivity index (χ4n) is 2.67. The molecule has 0 radical (unpaired) electrons. The van der Waals surface area contributed by atoms with Crippen LogP contribution >= 0.6 is 12.4 Å². The maximum Gasteiger partial charge on any atom is 0.228 e. The van der Waals surface area contributed by atoms with Crippen molar-refractivity contribution in [3.05, 3.63) is 29.6 Å². The molecule has 1 heterocycles.